The third-order valence-corrected chi connectivity index (χ3v) is 4.35. The molecule has 0 saturated heterocycles. The molecule has 2 rings (SSSR count). The van der Waals surface area contributed by atoms with Crippen molar-refractivity contribution in [1.82, 2.24) is 0 Å². The number of ether oxygens (including phenoxy) is 3. The number of hydrogen-bond acceptors (Lipinski definition) is 5. The van der Waals surface area contributed by atoms with E-state index in [0.29, 0.717) is 11.5 Å². The zero-order chi connectivity index (χ0) is 15.2. The Balaban J connectivity index is 2.20. The summed E-state index contributed by atoms with van der Waals surface area (Å²) in [5.41, 5.74) is 7.27. The van der Waals surface area contributed by atoms with E-state index in [1.54, 1.807) is 32.7 Å². The van der Waals surface area contributed by atoms with Crippen LogP contribution in [0.3, 0.4) is 0 Å². The van der Waals surface area contributed by atoms with Crippen LogP contribution in [0.15, 0.2) is 29.6 Å². The highest BCUT2D eigenvalue weighted by Gasteiger charge is 2.17. The third kappa shape index (κ3) is 3.68. The lowest BCUT2D eigenvalue weighted by molar-refractivity contribution is 0.346. The summed E-state index contributed by atoms with van der Waals surface area (Å²) in [6.45, 7) is 0. The van der Waals surface area contributed by atoms with Crippen molar-refractivity contribution in [2.24, 2.45) is 5.73 Å². The Morgan fingerprint density at radius 2 is 1.71 bits per heavy atom. The van der Waals surface area contributed by atoms with Gasteiger partial charge in [-0.05, 0) is 30.4 Å². The maximum absolute atomic E-state index is 6.33. The Morgan fingerprint density at radius 1 is 1.05 bits per heavy atom. The molecule has 0 amide bonds. The summed E-state index contributed by atoms with van der Waals surface area (Å²) in [4.78, 5) is 1.34. The number of benzene rings is 1. The highest BCUT2D eigenvalue weighted by molar-refractivity contribution is 7.09. The average molecular weight is 307 g/mol. The first-order chi connectivity index (χ1) is 10.2. The fourth-order valence-corrected chi connectivity index (χ4v) is 2.98. The van der Waals surface area contributed by atoms with Crippen LogP contribution >= 0.6 is 11.3 Å². The van der Waals surface area contributed by atoms with E-state index in [1.807, 2.05) is 12.1 Å². The number of thiophene rings is 1. The summed E-state index contributed by atoms with van der Waals surface area (Å²) < 4.78 is 16.1. The fraction of sp³-hybridized carbons (Fsp3) is 0.375. The lowest BCUT2D eigenvalue weighted by Crippen LogP contribution is -2.13. The standard InChI is InChI=1S/C16H21NO3S/c1-18-14-10-16(20-3)15(19-2)9-12(14)13(17)7-6-11-5-4-8-21-11/h4-5,8-10,13H,6-7,17H2,1-3H3. The highest BCUT2D eigenvalue weighted by Crippen LogP contribution is 2.37. The molecule has 4 nitrogen and oxygen atoms in total. The van der Waals surface area contributed by atoms with Gasteiger partial charge in [-0.1, -0.05) is 6.07 Å². The van der Waals surface area contributed by atoms with Crippen LogP contribution in [0.25, 0.3) is 0 Å². The zero-order valence-corrected chi connectivity index (χ0v) is 13.4. The Bertz CT molecular complexity index is 569. The van der Waals surface area contributed by atoms with Crippen molar-refractivity contribution in [3.05, 3.63) is 40.1 Å². The molecule has 1 atom stereocenters. The van der Waals surface area contributed by atoms with Gasteiger partial charge >= 0.3 is 0 Å². The van der Waals surface area contributed by atoms with E-state index < -0.39 is 0 Å². The van der Waals surface area contributed by atoms with Gasteiger partial charge in [0, 0.05) is 22.5 Å². The molecule has 2 N–H and O–H groups in total. The minimum Gasteiger partial charge on any atom is -0.496 e. The van der Waals surface area contributed by atoms with Crippen molar-refractivity contribution in [3.63, 3.8) is 0 Å². The Hall–Kier alpha value is -1.72. The first kappa shape index (κ1) is 15.7. The number of methoxy groups -OCH3 is 3. The van der Waals surface area contributed by atoms with E-state index in [2.05, 4.69) is 17.5 Å². The normalized spacial score (nSPS) is 12.0. The highest BCUT2D eigenvalue weighted by atomic mass is 32.1. The summed E-state index contributed by atoms with van der Waals surface area (Å²) in [5.74, 6) is 2.04. The van der Waals surface area contributed by atoms with Gasteiger partial charge in [-0.25, -0.2) is 0 Å². The van der Waals surface area contributed by atoms with Crippen molar-refractivity contribution in [3.8, 4) is 17.2 Å². The molecule has 0 bridgehead atoms. The molecular weight excluding hydrogens is 286 g/mol. The monoisotopic (exact) mass is 307 g/mol. The first-order valence-corrected chi connectivity index (χ1v) is 7.65. The smallest absolute Gasteiger partial charge is 0.164 e. The second-order valence-corrected chi connectivity index (χ2v) is 5.71. The Morgan fingerprint density at radius 3 is 2.29 bits per heavy atom. The van der Waals surface area contributed by atoms with Crippen LogP contribution in [0.4, 0.5) is 0 Å². The van der Waals surface area contributed by atoms with Crippen LogP contribution in [0, 0.1) is 0 Å². The topological polar surface area (TPSA) is 53.7 Å². The van der Waals surface area contributed by atoms with E-state index in [4.69, 9.17) is 19.9 Å². The average Bonchev–Trinajstić information content (AvgIpc) is 3.04. The molecule has 1 aromatic heterocycles. The van der Waals surface area contributed by atoms with Gasteiger partial charge in [0.15, 0.2) is 11.5 Å². The van der Waals surface area contributed by atoms with Crippen LogP contribution < -0.4 is 19.9 Å². The number of hydrogen-bond donors (Lipinski definition) is 1. The Kier molecular flexibility index (Phi) is 5.47. The van der Waals surface area contributed by atoms with Gasteiger partial charge in [0.1, 0.15) is 5.75 Å². The van der Waals surface area contributed by atoms with Gasteiger partial charge in [0.25, 0.3) is 0 Å². The van der Waals surface area contributed by atoms with Crippen molar-refractivity contribution in [1.29, 1.82) is 0 Å². The van der Waals surface area contributed by atoms with Crippen molar-refractivity contribution in [2.45, 2.75) is 18.9 Å². The largest absolute Gasteiger partial charge is 0.496 e. The molecule has 1 heterocycles. The van der Waals surface area contributed by atoms with Crippen molar-refractivity contribution < 1.29 is 14.2 Å². The summed E-state index contributed by atoms with van der Waals surface area (Å²) in [6, 6.07) is 7.80. The van der Waals surface area contributed by atoms with E-state index in [1.165, 1.54) is 4.88 Å². The van der Waals surface area contributed by atoms with Gasteiger partial charge in [0.05, 0.1) is 21.3 Å². The maximum Gasteiger partial charge on any atom is 0.164 e. The van der Waals surface area contributed by atoms with Crippen LogP contribution in [-0.2, 0) is 6.42 Å². The molecule has 2 aromatic rings. The van der Waals surface area contributed by atoms with Crippen molar-refractivity contribution in [2.75, 3.05) is 21.3 Å². The van der Waals surface area contributed by atoms with Crippen molar-refractivity contribution >= 4 is 11.3 Å². The molecule has 0 aliphatic carbocycles. The quantitative estimate of drug-likeness (QED) is 0.851. The van der Waals surface area contributed by atoms with Gasteiger partial charge in [0.2, 0.25) is 0 Å². The van der Waals surface area contributed by atoms with Crippen LogP contribution in [0.5, 0.6) is 17.2 Å². The summed E-state index contributed by atoms with van der Waals surface area (Å²) in [5, 5.41) is 2.08. The van der Waals surface area contributed by atoms with Gasteiger partial charge < -0.3 is 19.9 Å². The maximum atomic E-state index is 6.33. The molecule has 1 aromatic carbocycles. The molecule has 0 spiro atoms. The molecule has 0 saturated carbocycles. The zero-order valence-electron chi connectivity index (χ0n) is 12.6. The van der Waals surface area contributed by atoms with Crippen LogP contribution in [-0.4, -0.2) is 21.3 Å². The van der Waals surface area contributed by atoms with E-state index in [-0.39, 0.29) is 6.04 Å². The molecule has 114 valence electrons. The van der Waals surface area contributed by atoms with E-state index in [9.17, 15) is 0 Å². The number of nitrogens with two attached hydrogens (primary N) is 1. The van der Waals surface area contributed by atoms with Gasteiger partial charge in [-0.15, -0.1) is 11.3 Å². The van der Waals surface area contributed by atoms with Gasteiger partial charge in [-0.3, -0.25) is 0 Å². The SMILES string of the molecule is COc1cc(OC)c(C(N)CCc2cccs2)cc1OC. The summed E-state index contributed by atoms with van der Waals surface area (Å²) in [7, 11) is 4.86. The number of aryl methyl sites for hydroxylation is 1. The summed E-state index contributed by atoms with van der Waals surface area (Å²) in [6.07, 6.45) is 1.81. The molecule has 0 aliphatic rings. The lowest BCUT2D eigenvalue weighted by Gasteiger charge is -2.18. The predicted octanol–water partition coefficient (Wildman–Crippen LogP) is 3.41. The number of rotatable bonds is 7. The van der Waals surface area contributed by atoms with E-state index in [0.717, 1.165) is 24.2 Å². The Labute approximate surface area is 129 Å². The molecular formula is C16H21NO3S. The van der Waals surface area contributed by atoms with Gasteiger partial charge in [-0.2, -0.15) is 0 Å². The van der Waals surface area contributed by atoms with E-state index >= 15 is 0 Å². The fourth-order valence-electron chi connectivity index (χ4n) is 2.25. The minimum absolute atomic E-state index is 0.109. The third-order valence-electron chi connectivity index (χ3n) is 3.42. The molecule has 0 fully saturated rings. The van der Waals surface area contributed by atoms with Crippen LogP contribution in [0.1, 0.15) is 22.9 Å². The second-order valence-electron chi connectivity index (χ2n) is 4.67. The predicted molar refractivity (Wildman–Crippen MR) is 85.7 cm³/mol. The second kappa shape index (κ2) is 7.33. The molecule has 1 unspecified atom stereocenters. The minimum atomic E-state index is -0.109. The molecule has 0 radical (unpaired) electrons. The lowest BCUT2D eigenvalue weighted by atomic mass is 10.0. The van der Waals surface area contributed by atoms with Crippen LogP contribution in [0.2, 0.25) is 0 Å². The molecule has 5 heteroatoms. The first-order valence-electron chi connectivity index (χ1n) is 6.77. The molecule has 21 heavy (non-hydrogen) atoms. The molecule has 0 aliphatic heterocycles. The summed E-state index contributed by atoms with van der Waals surface area (Å²) >= 11 is 1.75.